The van der Waals surface area contributed by atoms with Crippen molar-refractivity contribution in [1.82, 2.24) is 10.2 Å². The summed E-state index contributed by atoms with van der Waals surface area (Å²) in [5.74, 6) is 0.984. The predicted octanol–water partition coefficient (Wildman–Crippen LogP) is 2.38. The highest BCUT2D eigenvalue weighted by Crippen LogP contribution is 2.12. The Morgan fingerprint density at radius 3 is 2.32 bits per heavy atom. The first-order chi connectivity index (χ1) is 8.38. The van der Waals surface area contributed by atoms with Gasteiger partial charge in [-0.2, -0.15) is 0 Å². The van der Waals surface area contributed by atoms with E-state index in [2.05, 4.69) is 41.4 Å². The highest BCUT2D eigenvalue weighted by molar-refractivity contribution is 5.85. The Kier molecular flexibility index (Phi) is 10.1. The second-order valence-corrected chi connectivity index (χ2v) is 4.44. The van der Waals surface area contributed by atoms with E-state index in [4.69, 9.17) is 4.74 Å². The van der Waals surface area contributed by atoms with Gasteiger partial charge in [0.2, 0.25) is 0 Å². The van der Waals surface area contributed by atoms with E-state index in [0.717, 1.165) is 51.5 Å². The summed E-state index contributed by atoms with van der Waals surface area (Å²) in [5.41, 5.74) is 1.36. The number of benzene rings is 1. The topological polar surface area (TPSA) is 24.5 Å². The van der Waals surface area contributed by atoms with E-state index in [1.807, 2.05) is 0 Å². The van der Waals surface area contributed by atoms with Gasteiger partial charge in [0.1, 0.15) is 12.4 Å². The van der Waals surface area contributed by atoms with Crippen molar-refractivity contribution >= 4 is 24.8 Å². The molecule has 1 aliphatic heterocycles. The molecule has 0 amide bonds. The van der Waals surface area contributed by atoms with Crippen molar-refractivity contribution in [3.63, 3.8) is 0 Å². The van der Waals surface area contributed by atoms with Crippen molar-refractivity contribution in [2.45, 2.75) is 13.3 Å². The summed E-state index contributed by atoms with van der Waals surface area (Å²) >= 11 is 0. The van der Waals surface area contributed by atoms with E-state index in [9.17, 15) is 0 Å². The van der Waals surface area contributed by atoms with E-state index in [1.165, 1.54) is 5.56 Å². The number of aryl methyl sites for hydroxylation is 1. The summed E-state index contributed by atoms with van der Waals surface area (Å²) in [6.45, 7) is 8.45. The standard InChI is InChI=1S/C14H22N2O.2ClH/c1-2-13-3-5-14(6-4-13)17-12-11-16-9-7-15-8-10-16;;/h3-6,15H,2,7-12H2,1H3;2*1H. The summed E-state index contributed by atoms with van der Waals surface area (Å²) in [7, 11) is 0. The Bertz CT molecular complexity index is 327. The molecule has 19 heavy (non-hydrogen) atoms. The fraction of sp³-hybridized carbons (Fsp3) is 0.571. The molecule has 0 radical (unpaired) electrons. The van der Waals surface area contributed by atoms with Gasteiger partial charge < -0.3 is 10.1 Å². The van der Waals surface area contributed by atoms with Crippen LogP contribution in [0.1, 0.15) is 12.5 Å². The number of rotatable bonds is 5. The Hall–Kier alpha value is -0.480. The molecule has 0 bridgehead atoms. The summed E-state index contributed by atoms with van der Waals surface area (Å²) in [6, 6.07) is 8.41. The zero-order valence-electron chi connectivity index (χ0n) is 11.4. The van der Waals surface area contributed by atoms with Gasteiger partial charge in [-0.05, 0) is 24.1 Å². The average molecular weight is 307 g/mol. The molecule has 1 fully saturated rings. The number of ether oxygens (including phenoxy) is 1. The molecular formula is C14H24Cl2N2O. The molecule has 1 N–H and O–H groups in total. The second-order valence-electron chi connectivity index (χ2n) is 4.44. The summed E-state index contributed by atoms with van der Waals surface area (Å²) < 4.78 is 5.75. The van der Waals surface area contributed by atoms with Gasteiger partial charge in [0.15, 0.2) is 0 Å². The van der Waals surface area contributed by atoms with Gasteiger partial charge in [-0.1, -0.05) is 19.1 Å². The minimum absolute atomic E-state index is 0. The lowest BCUT2D eigenvalue weighted by atomic mass is 10.2. The zero-order valence-corrected chi connectivity index (χ0v) is 13.1. The summed E-state index contributed by atoms with van der Waals surface area (Å²) in [5, 5.41) is 3.35. The molecular weight excluding hydrogens is 283 g/mol. The van der Waals surface area contributed by atoms with Crippen LogP contribution in [-0.4, -0.2) is 44.2 Å². The molecule has 1 aromatic carbocycles. The normalized spacial score (nSPS) is 15.2. The maximum Gasteiger partial charge on any atom is 0.119 e. The Balaban J connectivity index is 0.00000162. The maximum absolute atomic E-state index is 5.75. The van der Waals surface area contributed by atoms with E-state index >= 15 is 0 Å². The van der Waals surface area contributed by atoms with Gasteiger partial charge in [-0.15, -0.1) is 24.8 Å². The molecule has 0 aliphatic carbocycles. The lowest BCUT2D eigenvalue weighted by Crippen LogP contribution is -2.44. The molecule has 0 atom stereocenters. The largest absolute Gasteiger partial charge is 0.492 e. The third-order valence-electron chi connectivity index (χ3n) is 3.22. The highest BCUT2D eigenvalue weighted by atomic mass is 35.5. The van der Waals surface area contributed by atoms with Crippen molar-refractivity contribution in [3.05, 3.63) is 29.8 Å². The molecule has 1 saturated heterocycles. The number of nitrogens with one attached hydrogen (secondary N) is 1. The summed E-state index contributed by atoms with van der Waals surface area (Å²) in [4.78, 5) is 2.44. The van der Waals surface area contributed by atoms with Crippen LogP contribution < -0.4 is 10.1 Å². The van der Waals surface area contributed by atoms with Gasteiger partial charge in [-0.3, -0.25) is 4.90 Å². The number of nitrogens with zero attached hydrogens (tertiary/aromatic N) is 1. The quantitative estimate of drug-likeness (QED) is 0.904. The Labute approximate surface area is 128 Å². The van der Waals surface area contributed by atoms with Crippen LogP contribution in [0, 0.1) is 0 Å². The minimum Gasteiger partial charge on any atom is -0.492 e. The van der Waals surface area contributed by atoms with Gasteiger partial charge in [0.05, 0.1) is 0 Å². The van der Waals surface area contributed by atoms with Gasteiger partial charge in [0, 0.05) is 32.7 Å². The van der Waals surface area contributed by atoms with Crippen LogP contribution >= 0.6 is 24.8 Å². The third kappa shape index (κ3) is 6.48. The number of hydrogen-bond acceptors (Lipinski definition) is 3. The molecule has 0 unspecified atom stereocenters. The Morgan fingerprint density at radius 2 is 1.74 bits per heavy atom. The van der Waals surface area contributed by atoms with E-state index in [0.29, 0.717) is 0 Å². The van der Waals surface area contributed by atoms with Crippen LogP contribution in [0.2, 0.25) is 0 Å². The SMILES string of the molecule is CCc1ccc(OCCN2CCNCC2)cc1.Cl.Cl. The molecule has 5 heteroatoms. The molecule has 0 saturated carbocycles. The van der Waals surface area contributed by atoms with Crippen LogP contribution in [0.15, 0.2) is 24.3 Å². The van der Waals surface area contributed by atoms with E-state index in [1.54, 1.807) is 0 Å². The van der Waals surface area contributed by atoms with E-state index < -0.39 is 0 Å². The van der Waals surface area contributed by atoms with Gasteiger partial charge in [0.25, 0.3) is 0 Å². The zero-order chi connectivity index (χ0) is 11.9. The lowest BCUT2D eigenvalue weighted by Gasteiger charge is -2.26. The van der Waals surface area contributed by atoms with Crippen LogP contribution in [-0.2, 0) is 6.42 Å². The molecule has 3 nitrogen and oxygen atoms in total. The van der Waals surface area contributed by atoms with Crippen LogP contribution in [0.4, 0.5) is 0 Å². The minimum atomic E-state index is 0. The number of hydrogen-bond donors (Lipinski definition) is 1. The molecule has 1 heterocycles. The molecule has 0 spiro atoms. The fourth-order valence-corrected chi connectivity index (χ4v) is 2.05. The third-order valence-corrected chi connectivity index (χ3v) is 3.22. The first-order valence-electron chi connectivity index (χ1n) is 6.53. The van der Waals surface area contributed by atoms with E-state index in [-0.39, 0.29) is 24.8 Å². The number of piperazine rings is 1. The van der Waals surface area contributed by atoms with Crippen LogP contribution in [0.5, 0.6) is 5.75 Å². The monoisotopic (exact) mass is 306 g/mol. The molecule has 1 aromatic rings. The first kappa shape index (κ1) is 18.5. The fourth-order valence-electron chi connectivity index (χ4n) is 2.05. The number of halogens is 2. The molecule has 1 aliphatic rings. The van der Waals surface area contributed by atoms with Crippen molar-refractivity contribution in [1.29, 1.82) is 0 Å². The molecule has 0 aromatic heterocycles. The first-order valence-corrected chi connectivity index (χ1v) is 6.53. The van der Waals surface area contributed by atoms with Crippen molar-refractivity contribution in [2.24, 2.45) is 0 Å². The van der Waals surface area contributed by atoms with Gasteiger partial charge in [-0.25, -0.2) is 0 Å². The van der Waals surface area contributed by atoms with Crippen molar-refractivity contribution < 1.29 is 4.74 Å². The smallest absolute Gasteiger partial charge is 0.119 e. The summed E-state index contributed by atoms with van der Waals surface area (Å²) in [6.07, 6.45) is 1.08. The van der Waals surface area contributed by atoms with Crippen LogP contribution in [0.3, 0.4) is 0 Å². The highest BCUT2D eigenvalue weighted by Gasteiger charge is 2.08. The predicted molar refractivity (Wildman–Crippen MR) is 85.1 cm³/mol. The average Bonchev–Trinajstić information content (AvgIpc) is 2.41. The maximum atomic E-state index is 5.75. The Morgan fingerprint density at radius 1 is 1.11 bits per heavy atom. The van der Waals surface area contributed by atoms with Crippen molar-refractivity contribution in [2.75, 3.05) is 39.3 Å². The molecule has 2 rings (SSSR count). The second kappa shape index (κ2) is 10.3. The molecule has 110 valence electrons. The van der Waals surface area contributed by atoms with Crippen molar-refractivity contribution in [3.8, 4) is 5.75 Å². The van der Waals surface area contributed by atoms with Gasteiger partial charge >= 0.3 is 0 Å². The van der Waals surface area contributed by atoms with Crippen LogP contribution in [0.25, 0.3) is 0 Å². The lowest BCUT2D eigenvalue weighted by molar-refractivity contribution is 0.191.